The number of halogens is 1. The van der Waals surface area contributed by atoms with Gasteiger partial charge in [-0.1, -0.05) is 69.8 Å². The first kappa shape index (κ1) is 28.2. The third-order valence-corrected chi connectivity index (χ3v) is 5.66. The predicted molar refractivity (Wildman–Crippen MR) is 137 cm³/mol. The number of aromatic nitrogens is 2. The maximum atomic E-state index is 14.2. The Hall–Kier alpha value is -3.06. The minimum atomic E-state index is -0.466. The van der Waals surface area contributed by atoms with E-state index in [9.17, 15) is 9.18 Å². The lowest BCUT2D eigenvalue weighted by Crippen LogP contribution is -2.11. The molecule has 0 spiro atoms. The summed E-state index contributed by atoms with van der Waals surface area (Å²) in [6.07, 6.45) is 5.96. The number of hydrogen-bond donors (Lipinski definition) is 1. The highest BCUT2D eigenvalue weighted by Crippen LogP contribution is 2.26. The van der Waals surface area contributed by atoms with Gasteiger partial charge < -0.3 is 15.0 Å². The second-order valence-corrected chi connectivity index (χ2v) is 9.16. The van der Waals surface area contributed by atoms with Crippen LogP contribution in [0.2, 0.25) is 0 Å². The number of aryl methyl sites for hydroxylation is 2. The topological polar surface area (TPSA) is 91.2 Å². The molecule has 190 valence electrons. The number of unbranched alkanes of at least 4 members (excludes halogenated alkanes) is 2. The van der Waals surface area contributed by atoms with Crippen molar-refractivity contribution in [3.05, 3.63) is 58.9 Å². The number of carbonyl (C=O) groups excluding carboxylic acids is 1. The van der Waals surface area contributed by atoms with E-state index in [1.54, 1.807) is 19.2 Å². The van der Waals surface area contributed by atoms with Crippen LogP contribution in [0.25, 0.3) is 22.8 Å². The van der Waals surface area contributed by atoms with Crippen LogP contribution in [0.4, 0.5) is 4.39 Å². The highest BCUT2D eigenvalue weighted by Gasteiger charge is 2.14. The number of methoxy groups -OCH3 is 1. The summed E-state index contributed by atoms with van der Waals surface area (Å²) in [7, 11) is 1.64. The minimum absolute atomic E-state index is 0.0971. The summed E-state index contributed by atoms with van der Waals surface area (Å²) >= 11 is 0. The molecule has 1 heterocycles. The van der Waals surface area contributed by atoms with E-state index in [1.165, 1.54) is 31.7 Å². The Morgan fingerprint density at radius 1 is 1.11 bits per heavy atom. The number of hydrogen-bond acceptors (Lipinski definition) is 5. The van der Waals surface area contributed by atoms with Crippen LogP contribution in [0.1, 0.15) is 69.6 Å². The van der Waals surface area contributed by atoms with Crippen LogP contribution in [-0.4, -0.2) is 23.2 Å². The van der Waals surface area contributed by atoms with E-state index in [2.05, 4.69) is 30.9 Å². The molecule has 3 aromatic rings. The number of carbonyl (C=O) groups is 1. The number of amides is 1. The van der Waals surface area contributed by atoms with Gasteiger partial charge in [0.1, 0.15) is 5.82 Å². The predicted octanol–water partition coefficient (Wildman–Crippen LogP) is 6.64. The van der Waals surface area contributed by atoms with Crippen molar-refractivity contribution in [3.8, 4) is 22.8 Å². The van der Waals surface area contributed by atoms with Gasteiger partial charge in [-0.2, -0.15) is 4.98 Å². The fourth-order valence-corrected chi connectivity index (χ4v) is 3.52. The molecule has 1 amide bonds. The Labute approximate surface area is 208 Å². The Balaban J connectivity index is 0.000000466. The van der Waals surface area contributed by atoms with Gasteiger partial charge in [0, 0.05) is 24.7 Å². The van der Waals surface area contributed by atoms with E-state index >= 15 is 0 Å². The van der Waals surface area contributed by atoms with Crippen molar-refractivity contribution in [2.75, 3.05) is 7.11 Å². The number of nitrogens with two attached hydrogens (primary N) is 1. The average molecular weight is 484 g/mol. The summed E-state index contributed by atoms with van der Waals surface area (Å²) in [5, 5.41) is 3.95. The molecule has 0 bridgehead atoms. The SMILES string of the molecule is CCCCCC(C)C.COCc1cc(-c2nc(-c3ccc(CCC(N)=O)c(F)c3)no2)ccc1C. The molecule has 7 heteroatoms. The van der Waals surface area contributed by atoms with Gasteiger partial charge in [-0.25, -0.2) is 4.39 Å². The Kier molecular flexibility index (Phi) is 11.6. The standard InChI is InChI=1S/C20H20FN3O3.C8H18/c1-12-3-4-15(9-16(12)11-26-2)20-23-19(24-27-20)14-6-5-13(17(21)10-14)7-8-18(22)25;1-4-5-6-7-8(2)3/h3-6,9-10H,7-8,11H2,1-2H3,(H2,22,25);8H,4-7H2,1-3H3. The number of benzene rings is 2. The molecular formula is C28H38FN3O3. The van der Waals surface area contributed by atoms with Crippen molar-refractivity contribution in [2.45, 2.75) is 72.8 Å². The first-order valence-corrected chi connectivity index (χ1v) is 12.2. The van der Waals surface area contributed by atoms with Crippen LogP contribution >= 0.6 is 0 Å². The van der Waals surface area contributed by atoms with Crippen LogP contribution in [0.3, 0.4) is 0 Å². The van der Waals surface area contributed by atoms with Crippen molar-refractivity contribution < 1.29 is 18.4 Å². The lowest BCUT2D eigenvalue weighted by molar-refractivity contribution is -0.118. The molecule has 0 saturated heterocycles. The van der Waals surface area contributed by atoms with Gasteiger partial charge in [0.05, 0.1) is 6.61 Å². The van der Waals surface area contributed by atoms with Crippen LogP contribution in [0, 0.1) is 18.7 Å². The molecule has 0 saturated carbocycles. The molecular weight excluding hydrogens is 445 g/mol. The van der Waals surface area contributed by atoms with Gasteiger partial charge in [-0.3, -0.25) is 4.79 Å². The number of rotatable bonds is 11. The van der Waals surface area contributed by atoms with E-state index in [0.29, 0.717) is 29.4 Å². The third-order valence-electron chi connectivity index (χ3n) is 5.66. The maximum absolute atomic E-state index is 14.2. The first-order valence-electron chi connectivity index (χ1n) is 12.2. The largest absolute Gasteiger partial charge is 0.380 e. The molecule has 2 N–H and O–H groups in total. The number of primary amides is 1. The lowest BCUT2D eigenvalue weighted by Gasteiger charge is -2.05. The normalized spacial score (nSPS) is 10.8. The Morgan fingerprint density at radius 2 is 1.86 bits per heavy atom. The lowest BCUT2D eigenvalue weighted by atomic mass is 10.1. The van der Waals surface area contributed by atoms with E-state index in [1.807, 2.05) is 25.1 Å². The van der Waals surface area contributed by atoms with Crippen molar-refractivity contribution in [2.24, 2.45) is 11.7 Å². The van der Waals surface area contributed by atoms with Crippen molar-refractivity contribution in [3.63, 3.8) is 0 Å². The summed E-state index contributed by atoms with van der Waals surface area (Å²) in [4.78, 5) is 15.2. The minimum Gasteiger partial charge on any atom is -0.380 e. The molecule has 2 aromatic carbocycles. The summed E-state index contributed by atoms with van der Waals surface area (Å²) in [6, 6.07) is 10.4. The average Bonchev–Trinajstić information content (AvgIpc) is 3.30. The summed E-state index contributed by atoms with van der Waals surface area (Å²) < 4.78 is 24.8. The highest BCUT2D eigenvalue weighted by molar-refractivity contribution is 5.74. The zero-order valence-electron chi connectivity index (χ0n) is 21.6. The molecule has 0 radical (unpaired) electrons. The van der Waals surface area contributed by atoms with Crippen LogP contribution in [0.5, 0.6) is 0 Å². The van der Waals surface area contributed by atoms with Gasteiger partial charge >= 0.3 is 0 Å². The van der Waals surface area contributed by atoms with E-state index in [0.717, 1.165) is 22.6 Å². The van der Waals surface area contributed by atoms with E-state index in [4.69, 9.17) is 15.0 Å². The monoisotopic (exact) mass is 483 g/mol. The smallest absolute Gasteiger partial charge is 0.258 e. The maximum Gasteiger partial charge on any atom is 0.258 e. The van der Waals surface area contributed by atoms with Crippen LogP contribution in [0.15, 0.2) is 40.9 Å². The van der Waals surface area contributed by atoms with Crippen LogP contribution in [-0.2, 0) is 22.6 Å². The highest BCUT2D eigenvalue weighted by atomic mass is 19.1. The fraction of sp³-hybridized carbons (Fsp3) is 0.464. The van der Waals surface area contributed by atoms with Gasteiger partial charge in [-0.15, -0.1) is 0 Å². The zero-order chi connectivity index (χ0) is 25.8. The molecule has 3 rings (SSSR count). The van der Waals surface area contributed by atoms with Crippen LogP contribution < -0.4 is 5.73 Å². The third kappa shape index (κ3) is 9.25. The van der Waals surface area contributed by atoms with Crippen molar-refractivity contribution >= 4 is 5.91 Å². The summed E-state index contributed by atoms with van der Waals surface area (Å²) in [6.45, 7) is 9.31. The summed E-state index contributed by atoms with van der Waals surface area (Å²) in [5.41, 5.74) is 8.92. The van der Waals surface area contributed by atoms with Gasteiger partial charge in [-0.05, 0) is 54.2 Å². The molecule has 0 unspecified atom stereocenters. The Bertz CT molecular complexity index is 1080. The molecule has 1 aromatic heterocycles. The fourth-order valence-electron chi connectivity index (χ4n) is 3.52. The van der Waals surface area contributed by atoms with Gasteiger partial charge in [0.2, 0.25) is 11.7 Å². The van der Waals surface area contributed by atoms with Gasteiger partial charge in [0.15, 0.2) is 0 Å². The summed E-state index contributed by atoms with van der Waals surface area (Å²) in [5.74, 6) is 0.645. The zero-order valence-corrected chi connectivity index (χ0v) is 21.6. The first-order chi connectivity index (χ1) is 16.7. The molecule has 6 nitrogen and oxygen atoms in total. The van der Waals surface area contributed by atoms with Gasteiger partial charge in [0.25, 0.3) is 5.89 Å². The second-order valence-electron chi connectivity index (χ2n) is 9.16. The molecule has 0 aliphatic carbocycles. The molecule has 0 fully saturated rings. The molecule has 0 atom stereocenters. The molecule has 0 aliphatic heterocycles. The number of ether oxygens (including phenoxy) is 1. The van der Waals surface area contributed by atoms with Crippen molar-refractivity contribution in [1.29, 1.82) is 0 Å². The Morgan fingerprint density at radius 3 is 2.49 bits per heavy atom. The molecule has 35 heavy (non-hydrogen) atoms. The van der Waals surface area contributed by atoms with E-state index in [-0.39, 0.29) is 12.8 Å². The van der Waals surface area contributed by atoms with E-state index < -0.39 is 11.7 Å². The quantitative estimate of drug-likeness (QED) is 0.309. The number of nitrogens with zero attached hydrogens (tertiary/aromatic N) is 2. The molecule has 0 aliphatic rings. The second kappa shape index (κ2) is 14.4. The van der Waals surface area contributed by atoms with Crippen molar-refractivity contribution in [1.82, 2.24) is 10.1 Å².